The van der Waals surface area contributed by atoms with Crippen LogP contribution in [0.1, 0.15) is 69.8 Å². The monoisotopic (exact) mass is 383 g/mol. The third-order valence-corrected chi connectivity index (χ3v) is 7.51. The summed E-state index contributed by atoms with van der Waals surface area (Å²) >= 11 is 0. The number of hydrogen-bond acceptors (Lipinski definition) is 2. The fourth-order valence-corrected chi connectivity index (χ4v) is 5.89. The standard InChI is InChI=1S/C24H37N3O/c1-25(2)23(28)27-17-9-14-24(21-12-7-8-13-22(21)27)15-18-26(19-16-24)20-10-5-3-4-6-11-20/h7-8,12-13,20H,3-6,9-11,14-19H2,1-2H3. The number of carbonyl (C=O) groups is 1. The quantitative estimate of drug-likeness (QED) is 0.636. The number of urea groups is 1. The Labute approximate surface area is 170 Å². The Balaban J connectivity index is 1.56. The summed E-state index contributed by atoms with van der Waals surface area (Å²) in [4.78, 5) is 19.3. The molecule has 3 aliphatic rings. The van der Waals surface area contributed by atoms with E-state index in [1.165, 1.54) is 76.4 Å². The van der Waals surface area contributed by atoms with E-state index >= 15 is 0 Å². The van der Waals surface area contributed by atoms with Crippen LogP contribution < -0.4 is 4.90 Å². The first-order chi connectivity index (χ1) is 13.6. The zero-order valence-electron chi connectivity index (χ0n) is 17.8. The molecule has 1 aromatic carbocycles. The Morgan fingerprint density at radius 1 is 0.929 bits per heavy atom. The zero-order chi connectivity index (χ0) is 19.6. The van der Waals surface area contributed by atoms with Crippen LogP contribution in [0.3, 0.4) is 0 Å². The van der Waals surface area contributed by atoms with Crippen LogP contribution >= 0.6 is 0 Å². The molecule has 4 rings (SSSR count). The normalized spacial score (nSPS) is 23.7. The molecule has 0 aromatic heterocycles. The Morgan fingerprint density at radius 3 is 2.29 bits per heavy atom. The Kier molecular flexibility index (Phi) is 5.96. The van der Waals surface area contributed by atoms with Crippen molar-refractivity contribution >= 4 is 11.7 Å². The average Bonchev–Trinajstić information content (AvgIpc) is 3.07. The number of benzene rings is 1. The number of amides is 2. The van der Waals surface area contributed by atoms with Crippen LogP contribution in [0.2, 0.25) is 0 Å². The first kappa shape index (κ1) is 19.8. The number of para-hydroxylation sites is 1. The molecule has 1 saturated heterocycles. The van der Waals surface area contributed by atoms with Crippen molar-refractivity contribution < 1.29 is 4.79 Å². The summed E-state index contributed by atoms with van der Waals surface area (Å²) in [5.74, 6) is 0. The van der Waals surface area contributed by atoms with Crippen LogP contribution in [0, 0.1) is 0 Å². The van der Waals surface area contributed by atoms with Gasteiger partial charge in [-0.2, -0.15) is 0 Å². The van der Waals surface area contributed by atoms with Crippen LogP contribution in [0.15, 0.2) is 24.3 Å². The van der Waals surface area contributed by atoms with Crippen LogP contribution in [0.4, 0.5) is 10.5 Å². The van der Waals surface area contributed by atoms with E-state index in [9.17, 15) is 4.79 Å². The number of likely N-dealkylation sites (tertiary alicyclic amines) is 1. The van der Waals surface area contributed by atoms with Gasteiger partial charge in [-0.25, -0.2) is 4.79 Å². The Morgan fingerprint density at radius 2 is 1.61 bits per heavy atom. The SMILES string of the molecule is CN(C)C(=O)N1CCCC2(CCN(C3CCCCCC3)CC2)c2ccccc21. The van der Waals surface area contributed by atoms with Gasteiger partial charge in [0.25, 0.3) is 0 Å². The third-order valence-electron chi connectivity index (χ3n) is 7.51. The number of nitrogens with zero attached hydrogens (tertiary/aromatic N) is 3. The first-order valence-electron chi connectivity index (χ1n) is 11.4. The van der Waals surface area contributed by atoms with E-state index in [0.29, 0.717) is 0 Å². The van der Waals surface area contributed by atoms with Crippen LogP contribution in [-0.4, -0.2) is 55.6 Å². The number of hydrogen-bond donors (Lipinski definition) is 0. The molecule has 4 heteroatoms. The van der Waals surface area contributed by atoms with Crippen molar-refractivity contribution in [2.45, 2.75) is 75.7 Å². The van der Waals surface area contributed by atoms with Crippen LogP contribution in [0.5, 0.6) is 0 Å². The van der Waals surface area contributed by atoms with Gasteiger partial charge in [-0.05, 0) is 68.7 Å². The zero-order valence-corrected chi connectivity index (χ0v) is 17.8. The Hall–Kier alpha value is -1.55. The van der Waals surface area contributed by atoms with Crippen molar-refractivity contribution in [1.29, 1.82) is 0 Å². The van der Waals surface area contributed by atoms with Crippen molar-refractivity contribution in [3.05, 3.63) is 29.8 Å². The van der Waals surface area contributed by atoms with Gasteiger partial charge in [0, 0.05) is 32.4 Å². The van der Waals surface area contributed by atoms with E-state index in [2.05, 4.69) is 29.2 Å². The van der Waals surface area contributed by atoms with E-state index in [0.717, 1.165) is 24.7 Å². The summed E-state index contributed by atoms with van der Waals surface area (Å²) in [6.07, 6.45) is 13.3. The van der Waals surface area contributed by atoms with Crippen LogP contribution in [0.25, 0.3) is 0 Å². The minimum absolute atomic E-state index is 0.111. The summed E-state index contributed by atoms with van der Waals surface area (Å²) in [5.41, 5.74) is 2.82. The van der Waals surface area contributed by atoms with E-state index in [1.807, 2.05) is 19.0 Å². The molecule has 0 atom stereocenters. The average molecular weight is 384 g/mol. The molecule has 0 unspecified atom stereocenters. The van der Waals surface area contributed by atoms with Gasteiger partial charge in [0.15, 0.2) is 0 Å². The molecule has 2 heterocycles. The van der Waals surface area contributed by atoms with Crippen LogP contribution in [-0.2, 0) is 5.41 Å². The van der Waals surface area contributed by atoms with E-state index in [4.69, 9.17) is 0 Å². The molecule has 2 amide bonds. The molecule has 1 saturated carbocycles. The molecule has 1 aromatic rings. The molecule has 28 heavy (non-hydrogen) atoms. The van der Waals surface area contributed by atoms with Crippen molar-refractivity contribution in [3.8, 4) is 0 Å². The summed E-state index contributed by atoms with van der Waals surface area (Å²) in [6, 6.07) is 9.66. The first-order valence-corrected chi connectivity index (χ1v) is 11.4. The molecular weight excluding hydrogens is 346 g/mol. The molecule has 4 nitrogen and oxygen atoms in total. The van der Waals surface area contributed by atoms with Gasteiger partial charge in [0.1, 0.15) is 0 Å². The fourth-order valence-electron chi connectivity index (χ4n) is 5.89. The van der Waals surface area contributed by atoms with Gasteiger partial charge in [0.05, 0.1) is 0 Å². The second-order valence-corrected chi connectivity index (χ2v) is 9.41. The van der Waals surface area contributed by atoms with Gasteiger partial charge in [-0.3, -0.25) is 4.90 Å². The van der Waals surface area contributed by atoms with Crippen molar-refractivity contribution in [3.63, 3.8) is 0 Å². The van der Waals surface area contributed by atoms with Crippen molar-refractivity contribution in [2.75, 3.05) is 38.6 Å². The smallest absolute Gasteiger partial charge is 0.323 e. The van der Waals surface area contributed by atoms with Gasteiger partial charge < -0.3 is 9.80 Å². The minimum atomic E-state index is 0.111. The summed E-state index contributed by atoms with van der Waals surface area (Å²) in [6.45, 7) is 3.28. The van der Waals surface area contributed by atoms with E-state index in [-0.39, 0.29) is 11.4 Å². The van der Waals surface area contributed by atoms with E-state index < -0.39 is 0 Å². The number of fused-ring (bicyclic) bond motifs is 2. The molecule has 2 aliphatic heterocycles. The lowest BCUT2D eigenvalue weighted by atomic mass is 9.69. The van der Waals surface area contributed by atoms with Gasteiger partial charge in [-0.15, -0.1) is 0 Å². The lowest BCUT2D eigenvalue weighted by molar-refractivity contribution is 0.101. The number of carbonyl (C=O) groups excluding carboxylic acids is 1. The van der Waals surface area contributed by atoms with Crippen molar-refractivity contribution in [2.24, 2.45) is 0 Å². The highest BCUT2D eigenvalue weighted by Crippen LogP contribution is 2.46. The number of piperidine rings is 1. The Bertz CT molecular complexity index is 670. The number of rotatable bonds is 1. The summed E-state index contributed by atoms with van der Waals surface area (Å²) in [5, 5.41) is 0. The molecule has 2 fully saturated rings. The molecule has 1 spiro atoms. The highest BCUT2D eigenvalue weighted by atomic mass is 16.2. The second-order valence-electron chi connectivity index (χ2n) is 9.41. The topological polar surface area (TPSA) is 26.8 Å². The fraction of sp³-hybridized carbons (Fsp3) is 0.708. The molecule has 154 valence electrons. The second kappa shape index (κ2) is 8.44. The molecular formula is C24H37N3O. The predicted octanol–water partition coefficient (Wildman–Crippen LogP) is 5.02. The molecule has 0 radical (unpaired) electrons. The van der Waals surface area contributed by atoms with Gasteiger partial charge in [0.2, 0.25) is 0 Å². The van der Waals surface area contributed by atoms with Crippen molar-refractivity contribution in [1.82, 2.24) is 9.80 Å². The predicted molar refractivity (Wildman–Crippen MR) is 116 cm³/mol. The minimum Gasteiger partial charge on any atom is -0.330 e. The number of anilines is 1. The maximum Gasteiger partial charge on any atom is 0.323 e. The molecule has 0 N–H and O–H groups in total. The maximum atomic E-state index is 12.8. The highest BCUT2D eigenvalue weighted by molar-refractivity contribution is 5.93. The lowest BCUT2D eigenvalue weighted by Gasteiger charge is -2.45. The maximum absolute atomic E-state index is 12.8. The largest absolute Gasteiger partial charge is 0.330 e. The molecule has 0 bridgehead atoms. The van der Waals surface area contributed by atoms with Gasteiger partial charge in [-0.1, -0.05) is 43.9 Å². The lowest BCUT2D eigenvalue weighted by Crippen LogP contribution is -2.47. The third kappa shape index (κ3) is 3.80. The summed E-state index contributed by atoms with van der Waals surface area (Å²) < 4.78 is 0. The summed E-state index contributed by atoms with van der Waals surface area (Å²) in [7, 11) is 3.72. The van der Waals surface area contributed by atoms with E-state index in [1.54, 1.807) is 4.90 Å². The highest BCUT2D eigenvalue weighted by Gasteiger charge is 2.41. The van der Waals surface area contributed by atoms with Gasteiger partial charge >= 0.3 is 6.03 Å². The molecule has 1 aliphatic carbocycles.